The molecule has 37 heavy (non-hydrogen) atoms. The zero-order chi connectivity index (χ0) is 26.7. The number of hydrogen-bond acceptors (Lipinski definition) is 7. The van der Waals surface area contributed by atoms with Crippen molar-refractivity contribution in [2.75, 3.05) is 20.8 Å². The standard InChI is InChI=1S/C29H45FO7/c1-5-18-9-7-6-8-16(2)28(32)23-13-21-20-12-19(37-29(33)25(35-4)15-34-3)10-17(20)11-24(30)27(21)22(23)14-26(31)36-18/h13,16-22,24-25,27,29,33H,5-12,14-15H2,1-4H3/t16-,17+,18+,19-,20-,21?,22-,24-,25+,27-,29?/m1/s1. The highest BCUT2D eigenvalue weighted by molar-refractivity contribution is 5.98. The second-order valence-corrected chi connectivity index (χ2v) is 11.7. The Kier molecular flexibility index (Phi) is 9.81. The van der Waals surface area contributed by atoms with E-state index in [1.807, 2.05) is 19.9 Å². The molecule has 8 heteroatoms. The van der Waals surface area contributed by atoms with Crippen molar-refractivity contribution in [2.24, 2.45) is 35.5 Å². The van der Waals surface area contributed by atoms with Crippen molar-refractivity contribution in [1.82, 2.24) is 0 Å². The first-order valence-corrected chi connectivity index (χ1v) is 14.2. The van der Waals surface area contributed by atoms with Crippen LogP contribution in [0.15, 0.2) is 11.6 Å². The number of carbonyl (C=O) groups is 2. The molecule has 4 rings (SSSR count). The van der Waals surface area contributed by atoms with Gasteiger partial charge in [-0.2, -0.15) is 0 Å². The third-order valence-corrected chi connectivity index (χ3v) is 9.40. The van der Waals surface area contributed by atoms with Crippen LogP contribution >= 0.6 is 0 Å². The molecule has 0 radical (unpaired) electrons. The molecule has 2 saturated carbocycles. The second-order valence-electron chi connectivity index (χ2n) is 11.7. The summed E-state index contributed by atoms with van der Waals surface area (Å²) in [6.07, 6.45) is 4.83. The summed E-state index contributed by atoms with van der Waals surface area (Å²) in [4.78, 5) is 26.5. The van der Waals surface area contributed by atoms with Gasteiger partial charge in [-0.15, -0.1) is 0 Å². The van der Waals surface area contributed by atoms with E-state index in [-0.39, 0.29) is 60.7 Å². The fourth-order valence-corrected chi connectivity index (χ4v) is 7.45. The molecule has 3 aliphatic carbocycles. The van der Waals surface area contributed by atoms with Crippen LogP contribution in [0, 0.1) is 35.5 Å². The minimum Gasteiger partial charge on any atom is -0.462 e. The topological polar surface area (TPSA) is 91.3 Å². The normalized spacial score (nSPS) is 40.4. The van der Waals surface area contributed by atoms with E-state index in [1.54, 1.807) is 0 Å². The van der Waals surface area contributed by atoms with Crippen molar-refractivity contribution >= 4 is 11.8 Å². The van der Waals surface area contributed by atoms with Crippen molar-refractivity contribution < 1.29 is 38.0 Å². The highest BCUT2D eigenvalue weighted by Crippen LogP contribution is 2.57. The van der Waals surface area contributed by atoms with Gasteiger partial charge in [0.05, 0.1) is 19.1 Å². The number of carbonyl (C=O) groups excluding carboxylic acids is 2. The predicted molar refractivity (Wildman–Crippen MR) is 135 cm³/mol. The zero-order valence-electron chi connectivity index (χ0n) is 22.8. The number of halogens is 1. The number of esters is 1. The van der Waals surface area contributed by atoms with Crippen molar-refractivity contribution in [1.29, 1.82) is 0 Å². The molecule has 1 N–H and O–H groups in total. The minimum atomic E-state index is -1.13. The molecular formula is C29H45FO7. The highest BCUT2D eigenvalue weighted by Gasteiger charge is 2.55. The van der Waals surface area contributed by atoms with E-state index in [4.69, 9.17) is 18.9 Å². The molecule has 0 spiro atoms. The average molecular weight is 525 g/mol. The van der Waals surface area contributed by atoms with Crippen molar-refractivity contribution in [3.05, 3.63) is 11.6 Å². The summed E-state index contributed by atoms with van der Waals surface area (Å²) in [5.41, 5.74) is 0.639. The van der Waals surface area contributed by atoms with Crippen molar-refractivity contribution in [3.8, 4) is 0 Å². The molecule has 210 valence electrons. The van der Waals surface area contributed by atoms with Gasteiger partial charge in [0.25, 0.3) is 0 Å². The molecule has 0 aromatic carbocycles. The second kappa shape index (κ2) is 12.7. The number of cyclic esters (lactones) is 1. The lowest BCUT2D eigenvalue weighted by Crippen LogP contribution is -2.40. The van der Waals surface area contributed by atoms with Crippen LogP contribution in [0.4, 0.5) is 4.39 Å². The van der Waals surface area contributed by atoms with E-state index < -0.39 is 30.4 Å². The largest absolute Gasteiger partial charge is 0.462 e. The number of Topliss-reactive ketones (excluding diaryl/α,β-unsaturated/α-hetero) is 1. The van der Waals surface area contributed by atoms with E-state index >= 15 is 4.39 Å². The lowest BCUT2D eigenvalue weighted by atomic mass is 9.65. The summed E-state index contributed by atoms with van der Waals surface area (Å²) in [7, 11) is 3.04. The number of hydrogen-bond donors (Lipinski definition) is 1. The Morgan fingerprint density at radius 1 is 1.16 bits per heavy atom. The van der Waals surface area contributed by atoms with Gasteiger partial charge in [-0.1, -0.05) is 26.3 Å². The molecule has 4 aliphatic rings. The van der Waals surface area contributed by atoms with Crippen LogP contribution in [0.25, 0.3) is 0 Å². The van der Waals surface area contributed by atoms with Crippen LogP contribution in [0.5, 0.6) is 0 Å². The quantitative estimate of drug-likeness (QED) is 0.390. The van der Waals surface area contributed by atoms with Crippen LogP contribution in [0.1, 0.15) is 71.6 Å². The monoisotopic (exact) mass is 524 g/mol. The van der Waals surface area contributed by atoms with E-state index in [2.05, 4.69) is 0 Å². The molecule has 1 saturated heterocycles. The van der Waals surface area contributed by atoms with Crippen LogP contribution < -0.4 is 0 Å². The third-order valence-electron chi connectivity index (χ3n) is 9.40. The van der Waals surface area contributed by atoms with Gasteiger partial charge in [-0.25, -0.2) is 4.39 Å². The smallest absolute Gasteiger partial charge is 0.306 e. The Labute approximate surface area is 220 Å². The summed E-state index contributed by atoms with van der Waals surface area (Å²) in [5, 5.41) is 10.5. The number of rotatable bonds is 7. The fourth-order valence-electron chi connectivity index (χ4n) is 7.45. The van der Waals surface area contributed by atoms with Gasteiger partial charge in [0.15, 0.2) is 12.1 Å². The van der Waals surface area contributed by atoms with Gasteiger partial charge >= 0.3 is 5.97 Å². The van der Waals surface area contributed by atoms with Crippen molar-refractivity contribution in [2.45, 2.75) is 102 Å². The molecule has 2 unspecified atom stereocenters. The minimum absolute atomic E-state index is 0.0605. The van der Waals surface area contributed by atoms with Gasteiger partial charge < -0.3 is 24.1 Å². The van der Waals surface area contributed by atoms with E-state index in [1.165, 1.54) is 14.2 Å². The van der Waals surface area contributed by atoms with Crippen molar-refractivity contribution in [3.63, 3.8) is 0 Å². The summed E-state index contributed by atoms with van der Waals surface area (Å²) < 4.78 is 38.0. The average Bonchev–Trinajstić information content (AvgIpc) is 3.44. The van der Waals surface area contributed by atoms with Gasteiger partial charge in [0.2, 0.25) is 0 Å². The highest BCUT2D eigenvalue weighted by atomic mass is 19.1. The van der Waals surface area contributed by atoms with Gasteiger partial charge in [-0.3, -0.25) is 9.59 Å². The Bertz CT molecular complexity index is 831. The molecule has 1 aliphatic heterocycles. The lowest BCUT2D eigenvalue weighted by molar-refractivity contribution is -0.204. The fraction of sp³-hybridized carbons (Fsp3) is 0.862. The summed E-state index contributed by atoms with van der Waals surface area (Å²) >= 11 is 0. The first-order chi connectivity index (χ1) is 17.8. The maximum atomic E-state index is 15.9. The Morgan fingerprint density at radius 3 is 2.62 bits per heavy atom. The Morgan fingerprint density at radius 2 is 1.92 bits per heavy atom. The van der Waals surface area contributed by atoms with Crippen LogP contribution in [0.2, 0.25) is 0 Å². The molecule has 11 atom stereocenters. The Hall–Kier alpha value is -1.35. The van der Waals surface area contributed by atoms with Gasteiger partial charge in [0.1, 0.15) is 18.4 Å². The number of alkyl halides is 1. The SMILES string of the molecule is CC[C@H]1CCCC[C@@H](C)C(=O)C2=CC3[C@@H]([C@H](F)C[C@@H]4C[C@@H](OC(O)[C@H](COC)OC)C[C@@H]34)[C@@H]2CC(=O)O1. The number of aliphatic hydroxyl groups excluding tert-OH is 1. The summed E-state index contributed by atoms with van der Waals surface area (Å²) in [6.45, 7) is 4.19. The molecule has 3 fully saturated rings. The molecule has 0 aromatic heterocycles. The van der Waals surface area contributed by atoms with Gasteiger partial charge in [-0.05, 0) is 68.3 Å². The molecule has 1 heterocycles. The predicted octanol–water partition coefficient (Wildman–Crippen LogP) is 4.40. The summed E-state index contributed by atoms with van der Waals surface area (Å²) in [6, 6.07) is 0. The molecule has 0 bridgehead atoms. The van der Waals surface area contributed by atoms with Crippen LogP contribution in [-0.4, -0.2) is 68.5 Å². The maximum Gasteiger partial charge on any atom is 0.306 e. The molecule has 0 amide bonds. The van der Waals surface area contributed by atoms with E-state index in [0.29, 0.717) is 24.8 Å². The molecular weight excluding hydrogens is 479 g/mol. The van der Waals surface area contributed by atoms with Crippen LogP contribution in [-0.2, 0) is 28.5 Å². The number of aliphatic hydroxyl groups is 1. The number of methoxy groups -OCH3 is 2. The lowest BCUT2D eigenvalue weighted by Gasteiger charge is -2.40. The van der Waals surface area contributed by atoms with Gasteiger partial charge in [0, 0.05) is 32.0 Å². The Balaban J connectivity index is 1.54. The number of ketones is 1. The third kappa shape index (κ3) is 6.29. The zero-order valence-corrected chi connectivity index (χ0v) is 22.8. The maximum absolute atomic E-state index is 15.9. The first kappa shape index (κ1) is 28.7. The van der Waals surface area contributed by atoms with E-state index in [0.717, 1.165) is 32.1 Å². The number of allylic oxidation sites excluding steroid dienone is 2. The number of fused-ring (bicyclic) bond motifs is 5. The van der Waals surface area contributed by atoms with Crippen LogP contribution in [0.3, 0.4) is 0 Å². The van der Waals surface area contributed by atoms with E-state index in [9.17, 15) is 14.7 Å². The first-order valence-electron chi connectivity index (χ1n) is 14.2. The number of ether oxygens (including phenoxy) is 4. The molecule has 0 aromatic rings. The molecule has 7 nitrogen and oxygen atoms in total. The summed E-state index contributed by atoms with van der Waals surface area (Å²) in [5.74, 6) is -1.09.